The molecule has 0 amide bonds. The van der Waals surface area contributed by atoms with Gasteiger partial charge in [0.25, 0.3) is 0 Å². The molecule has 26 heavy (non-hydrogen) atoms. The van der Waals surface area contributed by atoms with Crippen molar-refractivity contribution in [2.75, 3.05) is 43.1 Å². The highest BCUT2D eigenvalue weighted by molar-refractivity contribution is 5.46. The van der Waals surface area contributed by atoms with Gasteiger partial charge in [-0.25, -0.2) is 4.98 Å². The van der Waals surface area contributed by atoms with Crippen LogP contribution in [-0.2, 0) is 11.3 Å². The van der Waals surface area contributed by atoms with Gasteiger partial charge in [0.1, 0.15) is 5.82 Å². The molecule has 2 fully saturated rings. The number of hydrogen-bond donors (Lipinski definition) is 2. The number of aryl methyl sites for hydroxylation is 2. The number of nitrogens with one attached hydrogen (secondary N) is 1. The number of rotatable bonds is 6. The number of aliphatic hydroxyl groups excluding tert-OH is 1. The molecule has 8 heteroatoms. The Morgan fingerprint density at radius 2 is 2.12 bits per heavy atom. The summed E-state index contributed by atoms with van der Waals surface area (Å²) in [5, 5.41) is 17.5. The van der Waals surface area contributed by atoms with Gasteiger partial charge in [0.15, 0.2) is 0 Å². The van der Waals surface area contributed by atoms with E-state index < -0.39 is 0 Å². The molecule has 2 N–H and O–H groups in total. The first-order valence-electron chi connectivity index (χ1n) is 9.23. The number of hydrogen-bond acceptors (Lipinski definition) is 7. The lowest BCUT2D eigenvalue weighted by Gasteiger charge is -2.36. The Kier molecular flexibility index (Phi) is 4.78. The van der Waals surface area contributed by atoms with Gasteiger partial charge in [-0.1, -0.05) is 0 Å². The molecule has 4 heterocycles. The van der Waals surface area contributed by atoms with E-state index in [2.05, 4.69) is 28.4 Å². The number of aromatic nitrogens is 4. The number of aliphatic hydroxyl groups is 1. The van der Waals surface area contributed by atoms with Crippen LogP contribution in [0.4, 0.5) is 11.8 Å². The van der Waals surface area contributed by atoms with E-state index in [1.807, 2.05) is 22.6 Å². The molecule has 8 nitrogen and oxygen atoms in total. The fraction of sp³-hybridized carbons (Fsp3) is 0.611. The van der Waals surface area contributed by atoms with Crippen LogP contribution in [0.1, 0.15) is 29.4 Å². The number of anilines is 2. The maximum atomic E-state index is 9.58. The van der Waals surface area contributed by atoms with E-state index in [0.29, 0.717) is 31.6 Å². The number of β-amino-alcohol motifs (C(OH)–C–C–N with tert-alkyl or cyclic N) is 1. The second kappa shape index (κ2) is 7.20. The van der Waals surface area contributed by atoms with Crippen LogP contribution in [0.15, 0.2) is 12.1 Å². The summed E-state index contributed by atoms with van der Waals surface area (Å²) in [5.74, 6) is 1.83. The summed E-state index contributed by atoms with van der Waals surface area (Å²) in [5.41, 5.74) is 3.21. The van der Waals surface area contributed by atoms with Crippen LogP contribution in [0.5, 0.6) is 0 Å². The third-order valence-electron chi connectivity index (χ3n) is 4.96. The zero-order chi connectivity index (χ0) is 18.1. The Morgan fingerprint density at radius 3 is 2.77 bits per heavy atom. The molecule has 0 radical (unpaired) electrons. The number of ether oxygens (including phenoxy) is 1. The van der Waals surface area contributed by atoms with Gasteiger partial charge in [0.05, 0.1) is 30.6 Å². The largest absolute Gasteiger partial charge is 0.389 e. The van der Waals surface area contributed by atoms with E-state index >= 15 is 0 Å². The highest BCUT2D eigenvalue weighted by Gasteiger charge is 2.28. The minimum atomic E-state index is -0.278. The van der Waals surface area contributed by atoms with Crippen molar-refractivity contribution >= 4 is 11.8 Å². The Morgan fingerprint density at radius 1 is 1.27 bits per heavy atom. The summed E-state index contributed by atoms with van der Waals surface area (Å²) in [4.78, 5) is 11.4. The summed E-state index contributed by atoms with van der Waals surface area (Å²) in [7, 11) is 0. The summed E-state index contributed by atoms with van der Waals surface area (Å²) < 4.78 is 7.52. The molecule has 0 bridgehead atoms. The molecular formula is C18H26N6O2. The van der Waals surface area contributed by atoms with Gasteiger partial charge < -0.3 is 20.1 Å². The predicted octanol–water partition coefficient (Wildman–Crippen LogP) is 1.09. The third kappa shape index (κ3) is 3.66. The molecule has 0 aliphatic carbocycles. The average molecular weight is 358 g/mol. The summed E-state index contributed by atoms with van der Waals surface area (Å²) >= 11 is 0. The van der Waals surface area contributed by atoms with Crippen LogP contribution in [0, 0.1) is 13.8 Å². The van der Waals surface area contributed by atoms with Crippen molar-refractivity contribution in [3.8, 4) is 0 Å². The standard InChI is InChI=1S/C18H26N6O2/c1-12-7-13(2)24(22-12)5-4-19-17-8-16(14-3-6-26-11-14)20-18(21-17)23-9-15(25)10-23/h7-8,14-15,25H,3-6,9-11H2,1-2H3,(H,19,20,21)/t14-/m1/s1. The van der Waals surface area contributed by atoms with Crippen molar-refractivity contribution in [2.45, 2.75) is 38.8 Å². The Hall–Kier alpha value is -2.19. The average Bonchev–Trinajstić information content (AvgIpc) is 3.22. The molecule has 0 spiro atoms. The molecule has 2 aliphatic heterocycles. The first kappa shape index (κ1) is 17.2. The molecule has 2 aliphatic rings. The Labute approximate surface area is 153 Å². The van der Waals surface area contributed by atoms with E-state index in [0.717, 1.165) is 49.0 Å². The van der Waals surface area contributed by atoms with Crippen LogP contribution in [0.3, 0.4) is 0 Å². The van der Waals surface area contributed by atoms with Gasteiger partial charge in [-0.3, -0.25) is 4.68 Å². The summed E-state index contributed by atoms with van der Waals surface area (Å²) in [6.45, 7) is 8.27. The van der Waals surface area contributed by atoms with Crippen LogP contribution < -0.4 is 10.2 Å². The van der Waals surface area contributed by atoms with Gasteiger partial charge in [-0.05, 0) is 26.3 Å². The van der Waals surface area contributed by atoms with E-state index in [1.54, 1.807) is 0 Å². The summed E-state index contributed by atoms with van der Waals surface area (Å²) in [6, 6.07) is 4.11. The molecule has 1 atom stereocenters. The Balaban J connectivity index is 1.47. The molecule has 0 saturated carbocycles. The van der Waals surface area contributed by atoms with Crippen LogP contribution in [-0.4, -0.2) is 63.8 Å². The normalized spacial score (nSPS) is 20.4. The van der Waals surface area contributed by atoms with Gasteiger partial charge in [0, 0.05) is 43.9 Å². The fourth-order valence-corrected chi connectivity index (χ4v) is 3.47. The molecule has 0 aromatic carbocycles. The van der Waals surface area contributed by atoms with Gasteiger partial charge in [-0.15, -0.1) is 0 Å². The van der Waals surface area contributed by atoms with Crippen LogP contribution in [0.25, 0.3) is 0 Å². The van der Waals surface area contributed by atoms with Crippen molar-refractivity contribution in [3.05, 3.63) is 29.2 Å². The van der Waals surface area contributed by atoms with E-state index in [4.69, 9.17) is 9.72 Å². The number of nitrogens with zero attached hydrogens (tertiary/aromatic N) is 5. The smallest absolute Gasteiger partial charge is 0.227 e. The second-order valence-corrected chi connectivity index (χ2v) is 7.17. The minimum Gasteiger partial charge on any atom is -0.389 e. The van der Waals surface area contributed by atoms with Crippen LogP contribution in [0.2, 0.25) is 0 Å². The first-order valence-corrected chi connectivity index (χ1v) is 9.23. The molecule has 0 unspecified atom stereocenters. The van der Waals surface area contributed by atoms with E-state index in [-0.39, 0.29) is 6.10 Å². The van der Waals surface area contributed by atoms with Crippen molar-refractivity contribution in [2.24, 2.45) is 0 Å². The van der Waals surface area contributed by atoms with Crippen molar-refractivity contribution in [3.63, 3.8) is 0 Å². The van der Waals surface area contributed by atoms with Gasteiger partial charge in [-0.2, -0.15) is 10.1 Å². The molecule has 2 aromatic rings. The molecular weight excluding hydrogens is 332 g/mol. The fourth-order valence-electron chi connectivity index (χ4n) is 3.47. The lowest BCUT2D eigenvalue weighted by atomic mass is 10.0. The zero-order valence-corrected chi connectivity index (χ0v) is 15.4. The van der Waals surface area contributed by atoms with Crippen molar-refractivity contribution < 1.29 is 9.84 Å². The Bertz CT molecular complexity index is 765. The topological polar surface area (TPSA) is 88.3 Å². The van der Waals surface area contributed by atoms with Crippen LogP contribution >= 0.6 is 0 Å². The highest BCUT2D eigenvalue weighted by Crippen LogP contribution is 2.28. The molecule has 2 saturated heterocycles. The minimum absolute atomic E-state index is 0.278. The van der Waals surface area contributed by atoms with E-state index in [1.165, 1.54) is 0 Å². The lowest BCUT2D eigenvalue weighted by Crippen LogP contribution is -2.51. The lowest BCUT2D eigenvalue weighted by molar-refractivity contribution is 0.140. The zero-order valence-electron chi connectivity index (χ0n) is 15.4. The maximum absolute atomic E-state index is 9.58. The second-order valence-electron chi connectivity index (χ2n) is 7.17. The summed E-state index contributed by atoms with van der Waals surface area (Å²) in [6.07, 6.45) is 0.712. The monoisotopic (exact) mass is 358 g/mol. The molecule has 2 aromatic heterocycles. The van der Waals surface area contributed by atoms with E-state index in [9.17, 15) is 5.11 Å². The third-order valence-corrected chi connectivity index (χ3v) is 4.96. The quantitative estimate of drug-likeness (QED) is 0.799. The van der Waals surface area contributed by atoms with Crippen molar-refractivity contribution in [1.29, 1.82) is 0 Å². The SMILES string of the molecule is Cc1cc(C)n(CCNc2cc([C@@H]3CCOC3)nc(N3CC(O)C3)n2)n1. The predicted molar refractivity (Wildman–Crippen MR) is 98.6 cm³/mol. The maximum Gasteiger partial charge on any atom is 0.227 e. The highest BCUT2D eigenvalue weighted by atomic mass is 16.5. The van der Waals surface area contributed by atoms with Crippen molar-refractivity contribution in [1.82, 2.24) is 19.7 Å². The molecule has 4 rings (SSSR count). The molecule has 140 valence electrons. The van der Waals surface area contributed by atoms with Gasteiger partial charge in [0.2, 0.25) is 5.95 Å². The van der Waals surface area contributed by atoms with Gasteiger partial charge >= 0.3 is 0 Å². The first-order chi connectivity index (χ1) is 12.6.